The molecule has 0 aromatic heterocycles. The van der Waals surface area contributed by atoms with Crippen LogP contribution in [0, 0.1) is 0 Å². The summed E-state index contributed by atoms with van der Waals surface area (Å²) in [6.07, 6.45) is 0. The second-order valence-electron chi connectivity index (χ2n) is 6.69. The zero-order valence-electron chi connectivity index (χ0n) is 17.5. The summed E-state index contributed by atoms with van der Waals surface area (Å²) >= 11 is 3.27. The van der Waals surface area contributed by atoms with Crippen LogP contribution in [0.25, 0.3) is 0 Å². The fourth-order valence-corrected chi connectivity index (χ4v) is 3.07. The lowest BCUT2D eigenvalue weighted by atomic mass is 9.98. The molecule has 8 nitrogen and oxygen atoms in total. The predicted octanol–water partition coefficient (Wildman–Crippen LogP) is 3.31. The van der Waals surface area contributed by atoms with Gasteiger partial charge in [0.2, 0.25) is 0 Å². The highest BCUT2D eigenvalue weighted by Gasteiger charge is 2.20. The molecule has 0 fully saturated rings. The van der Waals surface area contributed by atoms with Gasteiger partial charge < -0.3 is 9.47 Å². The first kappa shape index (κ1) is 23.7. The summed E-state index contributed by atoms with van der Waals surface area (Å²) in [6.45, 7) is -0.648. The molecular weight excluding hydrogens is 492 g/mol. The van der Waals surface area contributed by atoms with E-state index in [4.69, 9.17) is 9.47 Å². The number of ketones is 1. The molecule has 168 valence electrons. The van der Waals surface area contributed by atoms with Crippen LogP contribution in [0.15, 0.2) is 77.3 Å². The third kappa shape index (κ3) is 6.27. The summed E-state index contributed by atoms with van der Waals surface area (Å²) in [5, 5.41) is 0. The second-order valence-corrected chi connectivity index (χ2v) is 7.60. The zero-order chi connectivity index (χ0) is 23.8. The molecule has 0 aliphatic rings. The predicted molar refractivity (Wildman–Crippen MR) is 123 cm³/mol. The first-order valence-electron chi connectivity index (χ1n) is 9.68. The van der Waals surface area contributed by atoms with E-state index in [1.807, 2.05) is 0 Å². The highest BCUT2D eigenvalue weighted by atomic mass is 79.9. The molecule has 2 N–H and O–H groups in total. The van der Waals surface area contributed by atoms with Crippen molar-refractivity contribution in [2.45, 2.75) is 0 Å². The molecule has 33 heavy (non-hydrogen) atoms. The van der Waals surface area contributed by atoms with Gasteiger partial charge >= 0.3 is 5.97 Å². The molecule has 3 aromatic carbocycles. The minimum Gasteiger partial charge on any atom is -0.497 e. The second kappa shape index (κ2) is 11.1. The normalized spacial score (nSPS) is 10.1. The van der Waals surface area contributed by atoms with Crippen LogP contribution in [0.2, 0.25) is 0 Å². The molecule has 0 radical (unpaired) electrons. The van der Waals surface area contributed by atoms with E-state index in [1.165, 1.54) is 19.2 Å². The highest BCUT2D eigenvalue weighted by molar-refractivity contribution is 9.10. The maximum absolute atomic E-state index is 12.9. The summed E-state index contributed by atoms with van der Waals surface area (Å²) in [6, 6.07) is 19.1. The first-order valence-corrected chi connectivity index (χ1v) is 10.5. The van der Waals surface area contributed by atoms with Gasteiger partial charge in [-0.1, -0.05) is 34.1 Å². The number of rotatable bonds is 7. The number of nitrogens with one attached hydrogen (secondary N) is 2. The van der Waals surface area contributed by atoms with Crippen molar-refractivity contribution >= 4 is 39.5 Å². The summed E-state index contributed by atoms with van der Waals surface area (Å²) in [5.74, 6) is -1.90. The van der Waals surface area contributed by atoms with Crippen LogP contribution in [0.1, 0.15) is 36.6 Å². The Morgan fingerprint density at radius 1 is 0.788 bits per heavy atom. The number of benzene rings is 3. The first-order chi connectivity index (χ1) is 15.9. The Labute approximate surface area is 198 Å². The standard InChI is InChI=1S/C24H19BrN2O6/c1-32-18-12-8-15(9-13-18)22(29)19-4-2-3-5-20(19)24(31)33-14-21(28)26-27-23(30)16-6-10-17(25)11-7-16/h2-13H,14H2,1H3,(H,26,28)(H,27,30). The molecule has 0 spiro atoms. The molecule has 0 aliphatic carbocycles. The van der Waals surface area contributed by atoms with Crippen LogP contribution >= 0.6 is 15.9 Å². The number of hydrazine groups is 1. The van der Waals surface area contributed by atoms with E-state index in [0.29, 0.717) is 16.9 Å². The Kier molecular flexibility index (Phi) is 7.93. The van der Waals surface area contributed by atoms with E-state index in [1.54, 1.807) is 60.7 Å². The van der Waals surface area contributed by atoms with Crippen LogP contribution in [-0.4, -0.2) is 37.3 Å². The number of methoxy groups -OCH3 is 1. The van der Waals surface area contributed by atoms with E-state index in [2.05, 4.69) is 26.8 Å². The number of halogens is 1. The van der Waals surface area contributed by atoms with Crippen molar-refractivity contribution < 1.29 is 28.7 Å². The minimum absolute atomic E-state index is 0.0185. The molecule has 0 bridgehead atoms. The van der Waals surface area contributed by atoms with Gasteiger partial charge in [0.15, 0.2) is 12.4 Å². The van der Waals surface area contributed by atoms with Crippen molar-refractivity contribution in [2.24, 2.45) is 0 Å². The molecule has 0 atom stereocenters. The van der Waals surface area contributed by atoms with Crippen molar-refractivity contribution in [3.8, 4) is 5.75 Å². The highest BCUT2D eigenvalue weighted by Crippen LogP contribution is 2.18. The number of hydrogen-bond acceptors (Lipinski definition) is 6. The van der Waals surface area contributed by atoms with Crippen LogP contribution in [-0.2, 0) is 9.53 Å². The monoisotopic (exact) mass is 510 g/mol. The molecule has 0 saturated heterocycles. The molecule has 3 rings (SSSR count). The summed E-state index contributed by atoms with van der Waals surface area (Å²) < 4.78 is 10.9. The Balaban J connectivity index is 1.59. The Bertz CT molecular complexity index is 1180. The number of amides is 2. The number of ether oxygens (including phenoxy) is 2. The average Bonchev–Trinajstić information content (AvgIpc) is 2.85. The van der Waals surface area contributed by atoms with E-state index in [-0.39, 0.29) is 16.9 Å². The third-order valence-electron chi connectivity index (χ3n) is 4.50. The maximum Gasteiger partial charge on any atom is 0.339 e. The molecule has 0 aliphatic heterocycles. The smallest absolute Gasteiger partial charge is 0.339 e. The van der Waals surface area contributed by atoms with Gasteiger partial charge in [0.25, 0.3) is 11.8 Å². The van der Waals surface area contributed by atoms with Gasteiger partial charge in [-0.3, -0.25) is 25.2 Å². The summed E-state index contributed by atoms with van der Waals surface area (Å²) in [7, 11) is 1.52. The van der Waals surface area contributed by atoms with E-state index < -0.39 is 24.4 Å². The largest absolute Gasteiger partial charge is 0.497 e. The van der Waals surface area contributed by atoms with E-state index in [9.17, 15) is 19.2 Å². The SMILES string of the molecule is COc1ccc(C(=O)c2ccccc2C(=O)OCC(=O)NNC(=O)c2ccc(Br)cc2)cc1. The lowest BCUT2D eigenvalue weighted by Crippen LogP contribution is -2.43. The molecule has 2 amide bonds. The average molecular weight is 511 g/mol. The minimum atomic E-state index is -0.846. The third-order valence-corrected chi connectivity index (χ3v) is 5.03. The van der Waals surface area contributed by atoms with Crippen LogP contribution in [0.5, 0.6) is 5.75 Å². The Morgan fingerprint density at radius 2 is 1.39 bits per heavy atom. The maximum atomic E-state index is 12.9. The molecule has 0 heterocycles. The van der Waals surface area contributed by atoms with Crippen molar-refractivity contribution in [2.75, 3.05) is 13.7 Å². The van der Waals surface area contributed by atoms with Crippen molar-refractivity contribution in [1.82, 2.24) is 10.9 Å². The van der Waals surface area contributed by atoms with Crippen LogP contribution < -0.4 is 15.6 Å². The van der Waals surface area contributed by atoms with E-state index in [0.717, 1.165) is 4.47 Å². The fourth-order valence-electron chi connectivity index (χ4n) is 2.80. The van der Waals surface area contributed by atoms with Gasteiger partial charge in [-0.05, 0) is 54.6 Å². The molecule has 0 unspecified atom stereocenters. The van der Waals surface area contributed by atoms with Gasteiger partial charge in [0.1, 0.15) is 5.75 Å². The van der Waals surface area contributed by atoms with Crippen molar-refractivity contribution in [1.29, 1.82) is 0 Å². The van der Waals surface area contributed by atoms with Crippen LogP contribution in [0.4, 0.5) is 0 Å². The van der Waals surface area contributed by atoms with Crippen LogP contribution in [0.3, 0.4) is 0 Å². The van der Waals surface area contributed by atoms with Crippen molar-refractivity contribution in [3.63, 3.8) is 0 Å². The number of hydrogen-bond donors (Lipinski definition) is 2. The fraction of sp³-hybridized carbons (Fsp3) is 0.0833. The molecule has 9 heteroatoms. The molecule has 0 saturated carbocycles. The number of esters is 1. The van der Waals surface area contributed by atoms with Gasteiger partial charge in [-0.25, -0.2) is 4.79 Å². The molecular formula is C24H19BrN2O6. The lowest BCUT2D eigenvalue weighted by Gasteiger charge is -2.10. The van der Waals surface area contributed by atoms with Gasteiger partial charge in [0.05, 0.1) is 12.7 Å². The van der Waals surface area contributed by atoms with Gasteiger partial charge in [0, 0.05) is 21.2 Å². The summed E-state index contributed by atoms with van der Waals surface area (Å²) in [5.41, 5.74) is 5.26. The Morgan fingerprint density at radius 3 is 2.03 bits per heavy atom. The number of carbonyl (C=O) groups is 4. The Hall–Kier alpha value is -3.98. The number of carbonyl (C=O) groups excluding carboxylic acids is 4. The summed E-state index contributed by atoms with van der Waals surface area (Å²) in [4.78, 5) is 49.4. The van der Waals surface area contributed by atoms with E-state index >= 15 is 0 Å². The van der Waals surface area contributed by atoms with Crippen molar-refractivity contribution in [3.05, 3.63) is 99.5 Å². The van der Waals surface area contributed by atoms with Gasteiger partial charge in [-0.2, -0.15) is 0 Å². The zero-order valence-corrected chi connectivity index (χ0v) is 19.0. The quantitative estimate of drug-likeness (QED) is 0.286. The van der Waals surface area contributed by atoms with Gasteiger partial charge in [-0.15, -0.1) is 0 Å². The lowest BCUT2D eigenvalue weighted by molar-refractivity contribution is -0.125. The topological polar surface area (TPSA) is 111 Å². The molecule has 3 aromatic rings.